The van der Waals surface area contributed by atoms with Gasteiger partial charge in [0.2, 0.25) is 0 Å². The second-order valence-electron chi connectivity index (χ2n) is 4.22. The highest BCUT2D eigenvalue weighted by atomic mass is 16.2. The lowest BCUT2D eigenvalue weighted by Gasteiger charge is -2.12. The molecule has 1 N–H and O–H groups in total. The maximum atomic E-state index is 12.1. The van der Waals surface area contributed by atoms with Crippen molar-refractivity contribution in [2.45, 2.75) is 32.6 Å². The smallest absolute Gasteiger partial charge is 0.273 e. The molecule has 17 heavy (non-hydrogen) atoms. The average Bonchev–Trinajstić information content (AvgIpc) is 2.34. The van der Waals surface area contributed by atoms with Gasteiger partial charge in [0.15, 0.2) is 0 Å². The Balaban J connectivity index is 2.44. The van der Waals surface area contributed by atoms with E-state index in [0.717, 1.165) is 23.8 Å². The highest BCUT2D eigenvalue weighted by Gasteiger charge is 2.16. The Labute approximate surface area is 97.8 Å². The number of hydrogen-bond donors (Lipinski definition) is 1. The summed E-state index contributed by atoms with van der Waals surface area (Å²) in [5, 5.41) is 0. The summed E-state index contributed by atoms with van der Waals surface area (Å²) in [6.07, 6.45) is 6.80. The summed E-state index contributed by atoms with van der Waals surface area (Å²) in [6.45, 7) is 1.57. The predicted octanol–water partition coefficient (Wildman–Crippen LogP) is 0.986. The van der Waals surface area contributed by atoms with Gasteiger partial charge in [-0.25, -0.2) is 9.36 Å². The lowest BCUT2D eigenvalue weighted by molar-refractivity contribution is 0.0942. The van der Waals surface area contributed by atoms with Crippen molar-refractivity contribution in [1.82, 2.24) is 9.55 Å². The number of aryl methyl sites for hydroxylation is 1. The molecule has 0 saturated carbocycles. The monoisotopic (exact) mass is 234 g/mol. The molecule has 90 valence electrons. The summed E-state index contributed by atoms with van der Waals surface area (Å²) in [5.41, 5.74) is -0.104. The minimum Gasteiger partial charge on any atom is -0.273 e. The number of nitrogens with zero attached hydrogens (tertiary/aromatic N) is 1. The van der Waals surface area contributed by atoms with Gasteiger partial charge < -0.3 is 0 Å². The van der Waals surface area contributed by atoms with Gasteiger partial charge in [0.25, 0.3) is 11.5 Å². The molecule has 1 heterocycles. The molecule has 0 bridgehead atoms. The fourth-order valence-electron chi connectivity index (χ4n) is 1.90. The molecule has 0 aliphatic heterocycles. The number of aromatic amines is 1. The van der Waals surface area contributed by atoms with Gasteiger partial charge in [-0.3, -0.25) is 14.6 Å². The fourth-order valence-corrected chi connectivity index (χ4v) is 1.90. The molecule has 5 nitrogen and oxygen atoms in total. The first-order valence-corrected chi connectivity index (χ1v) is 5.66. The molecule has 0 fully saturated rings. The van der Waals surface area contributed by atoms with E-state index in [2.05, 4.69) is 4.98 Å². The molecular formula is C12H14N2O3. The van der Waals surface area contributed by atoms with E-state index >= 15 is 0 Å². The summed E-state index contributed by atoms with van der Waals surface area (Å²) < 4.78 is 0.980. The zero-order chi connectivity index (χ0) is 12.4. The maximum Gasteiger partial charge on any atom is 0.335 e. The molecule has 1 aliphatic carbocycles. The Bertz CT molecular complexity index is 593. The van der Waals surface area contributed by atoms with Crippen LogP contribution < -0.4 is 11.2 Å². The van der Waals surface area contributed by atoms with E-state index < -0.39 is 11.2 Å². The number of allylic oxidation sites excluding steroid dienone is 2. The van der Waals surface area contributed by atoms with Gasteiger partial charge in [-0.05, 0) is 32.6 Å². The molecule has 1 aromatic heterocycles. The van der Waals surface area contributed by atoms with E-state index in [4.69, 9.17) is 0 Å². The maximum absolute atomic E-state index is 12.1. The number of H-pyrrole nitrogens is 1. The van der Waals surface area contributed by atoms with Gasteiger partial charge in [0.05, 0.1) is 0 Å². The van der Waals surface area contributed by atoms with Crippen LogP contribution in [0.15, 0.2) is 27.4 Å². The van der Waals surface area contributed by atoms with Crippen LogP contribution in [0.25, 0.3) is 0 Å². The van der Waals surface area contributed by atoms with E-state index in [0.29, 0.717) is 17.6 Å². The Morgan fingerprint density at radius 1 is 1.35 bits per heavy atom. The zero-order valence-electron chi connectivity index (χ0n) is 9.66. The molecule has 0 unspecified atom stereocenters. The molecule has 0 amide bonds. The van der Waals surface area contributed by atoms with Crippen LogP contribution in [0.2, 0.25) is 0 Å². The van der Waals surface area contributed by atoms with Gasteiger partial charge in [-0.15, -0.1) is 0 Å². The van der Waals surface area contributed by atoms with Crippen molar-refractivity contribution < 1.29 is 4.79 Å². The van der Waals surface area contributed by atoms with Crippen LogP contribution in [0.1, 0.15) is 36.0 Å². The largest absolute Gasteiger partial charge is 0.335 e. The zero-order valence-corrected chi connectivity index (χ0v) is 9.66. The van der Waals surface area contributed by atoms with Crippen molar-refractivity contribution in [1.29, 1.82) is 0 Å². The first-order valence-electron chi connectivity index (χ1n) is 5.66. The standard InChI is InChI=1S/C12H14N2O3/c1-8-7-14(12(17)13-10(8)15)11(16)9-5-3-2-4-6-9/h5,7H,2-4,6H2,1H3,(H,13,15,17). The molecule has 0 aromatic carbocycles. The van der Waals surface area contributed by atoms with Crippen LogP contribution >= 0.6 is 0 Å². The number of carbonyl (C=O) groups excluding carboxylic acids is 1. The van der Waals surface area contributed by atoms with Gasteiger partial charge >= 0.3 is 5.69 Å². The summed E-state index contributed by atoms with van der Waals surface area (Å²) in [7, 11) is 0. The van der Waals surface area contributed by atoms with Gasteiger partial charge in [0, 0.05) is 17.3 Å². The lowest BCUT2D eigenvalue weighted by Crippen LogP contribution is -2.35. The summed E-state index contributed by atoms with van der Waals surface area (Å²) in [5.74, 6) is -0.325. The van der Waals surface area contributed by atoms with Crippen LogP contribution in [0, 0.1) is 6.92 Å². The van der Waals surface area contributed by atoms with Crippen molar-refractivity contribution in [2.75, 3.05) is 0 Å². The molecule has 2 rings (SSSR count). The van der Waals surface area contributed by atoms with Gasteiger partial charge in [0.1, 0.15) is 0 Å². The quantitative estimate of drug-likeness (QED) is 0.787. The van der Waals surface area contributed by atoms with Gasteiger partial charge in [-0.1, -0.05) is 6.08 Å². The fraction of sp³-hybridized carbons (Fsp3) is 0.417. The first-order chi connectivity index (χ1) is 8.09. The first kappa shape index (κ1) is 11.6. The second kappa shape index (κ2) is 4.53. The van der Waals surface area contributed by atoms with Gasteiger partial charge in [-0.2, -0.15) is 0 Å². The van der Waals surface area contributed by atoms with Crippen molar-refractivity contribution in [3.63, 3.8) is 0 Å². The third-order valence-electron chi connectivity index (χ3n) is 2.90. The Morgan fingerprint density at radius 2 is 2.12 bits per heavy atom. The van der Waals surface area contributed by atoms with E-state index in [9.17, 15) is 14.4 Å². The SMILES string of the molecule is Cc1cn(C(=O)C2=CCCCC2)c(=O)[nH]c1=O. The number of nitrogens with one attached hydrogen (secondary N) is 1. The topological polar surface area (TPSA) is 71.9 Å². The lowest BCUT2D eigenvalue weighted by atomic mass is 9.99. The summed E-state index contributed by atoms with van der Waals surface area (Å²) in [6, 6.07) is 0. The number of rotatable bonds is 1. The highest BCUT2D eigenvalue weighted by molar-refractivity contribution is 5.95. The van der Waals surface area contributed by atoms with E-state index in [1.165, 1.54) is 6.20 Å². The van der Waals surface area contributed by atoms with E-state index in [1.807, 2.05) is 6.08 Å². The molecule has 0 atom stereocenters. The van der Waals surface area contributed by atoms with Crippen molar-refractivity contribution in [2.24, 2.45) is 0 Å². The van der Waals surface area contributed by atoms with Crippen LogP contribution in [-0.4, -0.2) is 15.5 Å². The summed E-state index contributed by atoms with van der Waals surface area (Å²) >= 11 is 0. The predicted molar refractivity (Wildman–Crippen MR) is 63.2 cm³/mol. The molecule has 5 heteroatoms. The van der Waals surface area contributed by atoms with E-state index in [-0.39, 0.29) is 5.91 Å². The van der Waals surface area contributed by atoms with Crippen LogP contribution in [-0.2, 0) is 0 Å². The number of aromatic nitrogens is 2. The van der Waals surface area contributed by atoms with Crippen molar-refractivity contribution >= 4 is 5.91 Å². The molecule has 0 radical (unpaired) electrons. The Hall–Kier alpha value is -1.91. The minimum absolute atomic E-state index is 0.325. The van der Waals surface area contributed by atoms with Crippen molar-refractivity contribution in [3.05, 3.63) is 44.2 Å². The Kier molecular flexibility index (Phi) is 3.08. The molecule has 1 aliphatic rings. The second-order valence-corrected chi connectivity index (χ2v) is 4.22. The number of carbonyl (C=O) groups is 1. The molecular weight excluding hydrogens is 220 g/mol. The normalized spacial score (nSPS) is 15.5. The van der Waals surface area contributed by atoms with Crippen molar-refractivity contribution in [3.8, 4) is 0 Å². The summed E-state index contributed by atoms with van der Waals surface area (Å²) in [4.78, 5) is 36.9. The van der Waals surface area contributed by atoms with Crippen LogP contribution in [0.4, 0.5) is 0 Å². The highest BCUT2D eigenvalue weighted by Crippen LogP contribution is 2.18. The Morgan fingerprint density at radius 3 is 2.76 bits per heavy atom. The molecule has 0 saturated heterocycles. The van der Waals surface area contributed by atoms with Crippen LogP contribution in [0.5, 0.6) is 0 Å². The average molecular weight is 234 g/mol. The number of hydrogen-bond acceptors (Lipinski definition) is 3. The minimum atomic E-state index is -0.669. The van der Waals surface area contributed by atoms with E-state index in [1.54, 1.807) is 6.92 Å². The third kappa shape index (κ3) is 2.27. The third-order valence-corrected chi connectivity index (χ3v) is 2.90. The van der Waals surface area contributed by atoms with Crippen LogP contribution in [0.3, 0.4) is 0 Å². The molecule has 1 aromatic rings. The molecule has 0 spiro atoms.